The van der Waals surface area contributed by atoms with Crippen molar-refractivity contribution in [1.82, 2.24) is 13.7 Å². The van der Waals surface area contributed by atoms with Crippen LogP contribution < -0.4 is 20.7 Å². The molecule has 0 spiro atoms. The van der Waals surface area contributed by atoms with E-state index < -0.39 is 32.2 Å². The first-order chi connectivity index (χ1) is 38.6. The standard InChI is InChI=1S/C66H43N3SSi/c1-3-21-46(22-4-1)71(47-23-5-2-6-24-47,48-25-17-20-44(42-48)67-55-31-12-7-26-49(55)50-27-8-13-32-56(50)67)64-39-19-37-61-66(64)53-30-10-15-34-58(53)69(61)60-36-18-35-59-65(60)52-29-9-14-33-57(52)68(59)45-40-41-63-54(43-45)51-28-11-16-38-62(51)70-63/h1-43H/i7D,8D,12D,13D,26D,27D,31D,32D. The van der Waals surface area contributed by atoms with Crippen LogP contribution in [0.3, 0.4) is 0 Å². The Morgan fingerprint density at radius 3 is 1.55 bits per heavy atom. The minimum absolute atomic E-state index is 0.0425. The lowest BCUT2D eigenvalue weighted by atomic mass is 10.1. The van der Waals surface area contributed by atoms with E-state index in [1.165, 1.54) is 20.2 Å². The molecular weight excluding hydrogens is 895 g/mol. The fourth-order valence-corrected chi connectivity index (χ4v) is 17.9. The Morgan fingerprint density at radius 2 is 0.831 bits per heavy atom. The molecule has 15 rings (SSSR count). The van der Waals surface area contributed by atoms with E-state index in [0.717, 1.165) is 75.7 Å². The monoisotopic (exact) mass is 945 g/mol. The largest absolute Gasteiger partial charge is 0.309 e. The summed E-state index contributed by atoms with van der Waals surface area (Å²) in [6.45, 7) is 0. The zero-order chi connectivity index (χ0) is 53.6. The highest BCUT2D eigenvalue weighted by atomic mass is 32.1. The predicted molar refractivity (Wildman–Crippen MR) is 306 cm³/mol. The van der Waals surface area contributed by atoms with E-state index in [1.54, 1.807) is 4.57 Å². The van der Waals surface area contributed by atoms with Crippen molar-refractivity contribution < 1.29 is 11.0 Å². The van der Waals surface area contributed by atoms with Gasteiger partial charge in [-0.2, -0.15) is 0 Å². The summed E-state index contributed by atoms with van der Waals surface area (Å²) in [4.78, 5) is 0. The maximum absolute atomic E-state index is 9.38. The van der Waals surface area contributed by atoms with Crippen molar-refractivity contribution in [3.8, 4) is 17.1 Å². The average Bonchev–Trinajstić information content (AvgIpc) is 3.50. The summed E-state index contributed by atoms with van der Waals surface area (Å²) in [6, 6.07) is 72.2. The van der Waals surface area contributed by atoms with E-state index >= 15 is 0 Å². The van der Waals surface area contributed by atoms with Gasteiger partial charge in [-0.25, -0.2) is 0 Å². The van der Waals surface area contributed by atoms with Crippen molar-refractivity contribution in [2.75, 3.05) is 0 Å². The number of nitrogens with zero attached hydrogens (tertiary/aromatic N) is 3. The Hall–Kier alpha value is -8.74. The molecule has 3 nitrogen and oxygen atoms in total. The molecule has 0 aliphatic heterocycles. The maximum Gasteiger partial charge on any atom is 0.180 e. The summed E-state index contributed by atoms with van der Waals surface area (Å²) >= 11 is 1.82. The van der Waals surface area contributed by atoms with Gasteiger partial charge in [-0.15, -0.1) is 11.3 Å². The number of aromatic nitrogens is 3. The Morgan fingerprint density at radius 1 is 0.324 bits per heavy atom. The Balaban J connectivity index is 1.04. The number of benzene rings is 11. The number of para-hydroxylation sites is 4. The zero-order valence-corrected chi connectivity index (χ0v) is 39.8. The number of thiophene rings is 1. The summed E-state index contributed by atoms with van der Waals surface area (Å²) in [6.07, 6.45) is 0. The lowest BCUT2D eigenvalue weighted by Crippen LogP contribution is -2.74. The second-order valence-electron chi connectivity index (χ2n) is 18.2. The van der Waals surface area contributed by atoms with E-state index in [9.17, 15) is 5.48 Å². The molecule has 0 unspecified atom stereocenters. The topological polar surface area (TPSA) is 14.8 Å². The molecule has 0 atom stereocenters. The minimum Gasteiger partial charge on any atom is -0.309 e. The quantitative estimate of drug-likeness (QED) is 0.112. The first-order valence-corrected chi connectivity index (χ1v) is 26.6. The molecule has 4 heterocycles. The van der Waals surface area contributed by atoms with Crippen LogP contribution in [0.15, 0.2) is 261 Å². The molecule has 0 fully saturated rings. The second kappa shape index (κ2) is 15.6. The van der Waals surface area contributed by atoms with Crippen molar-refractivity contribution in [2.24, 2.45) is 0 Å². The average molecular weight is 946 g/mol. The van der Waals surface area contributed by atoms with Gasteiger partial charge in [-0.05, 0) is 99.6 Å². The van der Waals surface area contributed by atoms with Gasteiger partial charge < -0.3 is 13.7 Å². The van der Waals surface area contributed by atoms with E-state index in [4.69, 9.17) is 5.48 Å². The molecule has 332 valence electrons. The van der Waals surface area contributed by atoms with Gasteiger partial charge in [-0.3, -0.25) is 0 Å². The molecule has 4 aromatic heterocycles. The molecule has 11 aromatic carbocycles. The molecule has 5 heteroatoms. The first kappa shape index (κ1) is 32.9. The van der Waals surface area contributed by atoms with Gasteiger partial charge in [0.15, 0.2) is 8.07 Å². The van der Waals surface area contributed by atoms with Gasteiger partial charge >= 0.3 is 0 Å². The SMILES string of the molecule is [2H]c1c([2H])c([2H])c2c(c1[2H])c1c([2H])c([2H])c([2H])c([2H])c1n2-c1cccc([Si](c2ccccc2)(c2ccccc2)c2cccc3c2c2ccccc2n3-c2cccc3c2c2ccccc2n3-c2ccc3sc4ccccc4c3c2)c1. The van der Waals surface area contributed by atoms with Crippen LogP contribution in [0.2, 0.25) is 0 Å². The van der Waals surface area contributed by atoms with Crippen molar-refractivity contribution in [3.63, 3.8) is 0 Å². The maximum atomic E-state index is 9.38. The van der Waals surface area contributed by atoms with Crippen LogP contribution in [-0.2, 0) is 0 Å². The summed E-state index contributed by atoms with van der Waals surface area (Å²) in [5, 5.41) is 11.3. The number of hydrogen-bond donors (Lipinski definition) is 0. The molecule has 0 aliphatic rings. The van der Waals surface area contributed by atoms with Crippen molar-refractivity contribution >= 4 is 126 Å². The highest BCUT2D eigenvalue weighted by Crippen LogP contribution is 2.42. The van der Waals surface area contributed by atoms with Gasteiger partial charge in [0.05, 0.1) is 49.8 Å². The van der Waals surface area contributed by atoms with Gasteiger partial charge in [0, 0.05) is 63.9 Å². The zero-order valence-electron chi connectivity index (χ0n) is 46.0. The number of rotatable bonds is 7. The third kappa shape index (κ3) is 5.76. The summed E-state index contributed by atoms with van der Waals surface area (Å²) in [7, 11) is -3.54. The molecule has 71 heavy (non-hydrogen) atoms. The fraction of sp³-hybridized carbons (Fsp3) is 0. The number of fused-ring (bicyclic) bond motifs is 12. The molecule has 15 aromatic rings. The fourth-order valence-electron chi connectivity index (χ4n) is 11.8. The molecule has 0 saturated carbocycles. The summed E-state index contributed by atoms with van der Waals surface area (Å²) in [5.74, 6) is 0. The number of hydrogen-bond acceptors (Lipinski definition) is 1. The Labute approximate surface area is 426 Å². The molecule has 0 radical (unpaired) electrons. The van der Waals surface area contributed by atoms with Crippen molar-refractivity contribution in [1.29, 1.82) is 0 Å². The normalized spacial score (nSPS) is 13.8. The van der Waals surface area contributed by atoms with Crippen LogP contribution in [0.1, 0.15) is 11.0 Å². The highest BCUT2D eigenvalue weighted by molar-refractivity contribution is 7.25. The van der Waals surface area contributed by atoms with E-state index in [1.807, 2.05) is 35.6 Å². The summed E-state index contributed by atoms with van der Waals surface area (Å²) in [5.41, 5.74) is 7.08. The minimum atomic E-state index is -3.54. The molecule has 0 amide bonds. The van der Waals surface area contributed by atoms with E-state index in [2.05, 4.69) is 197 Å². The van der Waals surface area contributed by atoms with Crippen LogP contribution in [0, 0.1) is 0 Å². The Bertz CT molecular complexity index is 4970. The van der Waals surface area contributed by atoms with Crippen LogP contribution in [0.5, 0.6) is 0 Å². The lowest BCUT2D eigenvalue weighted by molar-refractivity contribution is 1.17. The third-order valence-corrected chi connectivity index (χ3v) is 20.6. The van der Waals surface area contributed by atoms with Gasteiger partial charge in [0.25, 0.3) is 0 Å². The molecule has 0 aliphatic carbocycles. The first-order valence-electron chi connectivity index (χ1n) is 27.8. The van der Waals surface area contributed by atoms with Gasteiger partial charge in [0.2, 0.25) is 0 Å². The lowest BCUT2D eigenvalue weighted by Gasteiger charge is -2.35. The van der Waals surface area contributed by atoms with Crippen LogP contribution >= 0.6 is 11.3 Å². The van der Waals surface area contributed by atoms with E-state index in [0.29, 0.717) is 5.69 Å². The third-order valence-electron chi connectivity index (χ3n) is 14.6. The van der Waals surface area contributed by atoms with Crippen LogP contribution in [0.25, 0.3) is 103 Å². The Kier molecular flexibility index (Phi) is 7.25. The van der Waals surface area contributed by atoms with Crippen molar-refractivity contribution in [2.45, 2.75) is 0 Å². The van der Waals surface area contributed by atoms with Gasteiger partial charge in [0.1, 0.15) is 0 Å². The predicted octanol–water partition coefficient (Wildman–Crippen LogP) is 14.7. The van der Waals surface area contributed by atoms with Crippen molar-refractivity contribution in [3.05, 3.63) is 261 Å². The highest BCUT2D eigenvalue weighted by Gasteiger charge is 2.43. The molecule has 0 N–H and O–H groups in total. The molecule has 0 bridgehead atoms. The summed E-state index contributed by atoms with van der Waals surface area (Å²) < 4.78 is 81.3. The van der Waals surface area contributed by atoms with Crippen LogP contribution in [-0.4, -0.2) is 21.8 Å². The second-order valence-corrected chi connectivity index (χ2v) is 23.0. The van der Waals surface area contributed by atoms with Gasteiger partial charge in [-0.1, -0.05) is 182 Å². The smallest absolute Gasteiger partial charge is 0.180 e. The van der Waals surface area contributed by atoms with Crippen LogP contribution in [0.4, 0.5) is 0 Å². The molecular formula is C66H43N3SSi. The van der Waals surface area contributed by atoms with E-state index in [-0.39, 0.29) is 46.0 Å². The molecule has 0 saturated heterocycles.